The van der Waals surface area contributed by atoms with Gasteiger partial charge in [-0.05, 0) is 52.5 Å². The summed E-state index contributed by atoms with van der Waals surface area (Å²) in [5, 5.41) is -0.248. The number of fused-ring (bicyclic) bond motifs is 3. The minimum absolute atomic E-state index is 0.0723. The van der Waals surface area contributed by atoms with Crippen molar-refractivity contribution in [2.45, 2.75) is 0 Å². The first kappa shape index (κ1) is 18.0. The molecule has 4 nitrogen and oxygen atoms in total. The molecule has 0 aliphatic heterocycles. The van der Waals surface area contributed by atoms with Gasteiger partial charge in [0.05, 0.1) is 34.5 Å². The molecule has 2 heterocycles. The number of nitrogens with zero attached hydrogens (tertiary/aromatic N) is 4. The molecule has 7 aromatic carbocycles. The van der Waals surface area contributed by atoms with E-state index in [4.69, 9.17) is 25.0 Å². The van der Waals surface area contributed by atoms with Gasteiger partial charge >= 0.3 is 0 Å². The Balaban J connectivity index is 1.45. The van der Waals surface area contributed by atoms with Crippen molar-refractivity contribution in [3.63, 3.8) is 0 Å². The lowest BCUT2D eigenvalue weighted by atomic mass is 9.97. The molecule has 0 unspecified atom stereocenters. The van der Waals surface area contributed by atoms with Crippen LogP contribution in [-0.4, -0.2) is 19.5 Å². The molecular formula is C45H30N4. The fraction of sp³-hybridized carbons (Fsp3) is 0. The zero-order valence-electron chi connectivity index (χ0n) is 38.6. The number of rotatable bonds is 6. The highest BCUT2D eigenvalue weighted by atomic mass is 15.1. The molecule has 0 saturated heterocycles. The third-order valence-corrected chi connectivity index (χ3v) is 8.21. The minimum atomic E-state index is -0.601. The first-order valence-corrected chi connectivity index (χ1v) is 15.4. The lowest BCUT2D eigenvalue weighted by Gasteiger charge is -2.17. The van der Waals surface area contributed by atoms with Gasteiger partial charge in [0.2, 0.25) is 0 Å². The van der Waals surface area contributed by atoms with Crippen molar-refractivity contribution < 1.29 is 17.8 Å². The Morgan fingerprint density at radius 1 is 0.388 bits per heavy atom. The fourth-order valence-electron chi connectivity index (χ4n) is 5.94. The van der Waals surface area contributed by atoms with E-state index in [0.717, 1.165) is 16.7 Å². The van der Waals surface area contributed by atoms with Gasteiger partial charge in [-0.2, -0.15) is 0 Å². The van der Waals surface area contributed by atoms with Crippen LogP contribution in [0.4, 0.5) is 0 Å². The van der Waals surface area contributed by atoms with E-state index in [1.165, 1.54) is 4.57 Å². The number of aromatic nitrogens is 4. The standard InChI is InChI=1S/C45H30N4/c1-4-15-31(16-5-1)34-21-14-22-35(29-34)36-27-28-39(42(30-36)49-40-25-12-10-23-37(40)38-24-11-13-26-41(38)49)45-47-43(32-17-6-2-7-18-32)46-44(48-45)33-19-8-3-9-20-33/h1-30H/i2D,6D,7D,10D,11D,12D,13D,17D,18D,23D,24D,25D,26D. The highest BCUT2D eigenvalue weighted by molar-refractivity contribution is 6.09. The molecule has 0 radical (unpaired) electrons. The first-order valence-electron chi connectivity index (χ1n) is 21.9. The summed E-state index contributed by atoms with van der Waals surface area (Å²) in [6.07, 6.45) is 0. The molecule has 9 aromatic rings. The number of hydrogen-bond donors (Lipinski definition) is 0. The molecule has 0 aliphatic carbocycles. The van der Waals surface area contributed by atoms with Crippen molar-refractivity contribution in [1.29, 1.82) is 0 Å². The first-order chi connectivity index (χ1) is 29.7. The molecule has 4 heteroatoms. The summed E-state index contributed by atoms with van der Waals surface area (Å²) < 4.78 is 115. The van der Waals surface area contributed by atoms with Crippen LogP contribution in [0.2, 0.25) is 0 Å². The van der Waals surface area contributed by atoms with Gasteiger partial charge in [0.25, 0.3) is 0 Å². The molecule has 2 aromatic heterocycles. The van der Waals surface area contributed by atoms with Crippen LogP contribution in [0.25, 0.3) is 83.9 Å². The van der Waals surface area contributed by atoms with Crippen LogP contribution >= 0.6 is 0 Å². The van der Waals surface area contributed by atoms with E-state index in [2.05, 4.69) is 4.98 Å². The average molecular weight is 640 g/mol. The normalized spacial score (nSPS) is 15.0. The summed E-state index contributed by atoms with van der Waals surface area (Å²) in [4.78, 5) is 14.2. The molecule has 49 heavy (non-hydrogen) atoms. The molecular weight excluding hydrogens is 597 g/mol. The fourth-order valence-corrected chi connectivity index (χ4v) is 5.94. The third kappa shape index (κ3) is 5.26. The van der Waals surface area contributed by atoms with Crippen LogP contribution in [0.3, 0.4) is 0 Å². The Morgan fingerprint density at radius 2 is 0.898 bits per heavy atom. The van der Waals surface area contributed by atoms with Crippen LogP contribution in [0.1, 0.15) is 17.8 Å². The van der Waals surface area contributed by atoms with Gasteiger partial charge in [0, 0.05) is 27.5 Å². The molecule has 230 valence electrons. The monoisotopic (exact) mass is 639 g/mol. The highest BCUT2D eigenvalue weighted by Crippen LogP contribution is 2.38. The third-order valence-electron chi connectivity index (χ3n) is 8.21. The molecule has 0 spiro atoms. The van der Waals surface area contributed by atoms with Gasteiger partial charge in [-0.3, -0.25) is 0 Å². The van der Waals surface area contributed by atoms with E-state index in [1.54, 1.807) is 48.5 Å². The topological polar surface area (TPSA) is 43.6 Å². The SMILES string of the molecule is [2H]c1c([2H])c([2H])c(-c2nc(-c3ccccc3)nc(-c3ccc(-c4cccc(-c5ccccc5)c4)cc3-n3c4c([2H])c([2H])c([2H])c([2H])c4c4c([2H])c([2H])c([2H])c([2H])c43)n2)c([2H])c1[2H]. The molecule has 0 N–H and O–H groups in total. The van der Waals surface area contributed by atoms with E-state index < -0.39 is 78.6 Å². The molecule has 0 amide bonds. The zero-order chi connectivity index (χ0) is 43.9. The van der Waals surface area contributed by atoms with Crippen LogP contribution in [-0.2, 0) is 0 Å². The van der Waals surface area contributed by atoms with Gasteiger partial charge in [0.1, 0.15) is 0 Å². The predicted octanol–water partition coefficient (Wildman–Crippen LogP) is 11.3. The molecule has 0 saturated carbocycles. The van der Waals surface area contributed by atoms with Gasteiger partial charge in [-0.15, -0.1) is 0 Å². The second-order valence-electron chi connectivity index (χ2n) is 11.1. The largest absolute Gasteiger partial charge is 0.308 e. The minimum Gasteiger partial charge on any atom is -0.308 e. The Kier molecular flexibility index (Phi) is 4.48. The van der Waals surface area contributed by atoms with E-state index in [1.807, 2.05) is 54.6 Å². The summed E-state index contributed by atoms with van der Waals surface area (Å²) in [5.41, 5.74) is 3.52. The summed E-state index contributed by atoms with van der Waals surface area (Å²) in [5.74, 6) is -0.242. The van der Waals surface area contributed by atoms with Gasteiger partial charge in [0.15, 0.2) is 17.5 Å². The van der Waals surface area contributed by atoms with Crippen molar-refractivity contribution >= 4 is 21.8 Å². The summed E-state index contributed by atoms with van der Waals surface area (Å²) in [7, 11) is 0. The van der Waals surface area contributed by atoms with Crippen LogP contribution in [0.15, 0.2) is 182 Å². The van der Waals surface area contributed by atoms with E-state index >= 15 is 0 Å². The summed E-state index contributed by atoms with van der Waals surface area (Å²) in [6.45, 7) is 0. The van der Waals surface area contributed by atoms with Gasteiger partial charge in [-0.25, -0.2) is 15.0 Å². The number of hydrogen-bond acceptors (Lipinski definition) is 3. The maximum Gasteiger partial charge on any atom is 0.166 e. The Bertz CT molecular complexity index is 3230. The quantitative estimate of drug-likeness (QED) is 0.182. The van der Waals surface area contributed by atoms with E-state index in [9.17, 15) is 2.74 Å². The molecule has 0 fully saturated rings. The zero-order valence-corrected chi connectivity index (χ0v) is 25.6. The second kappa shape index (κ2) is 12.2. The Morgan fingerprint density at radius 3 is 1.57 bits per heavy atom. The van der Waals surface area contributed by atoms with E-state index in [-0.39, 0.29) is 56.1 Å². The molecule has 0 atom stereocenters. The molecule has 0 aliphatic rings. The second-order valence-corrected chi connectivity index (χ2v) is 11.1. The molecule has 9 rings (SSSR count). The summed E-state index contributed by atoms with van der Waals surface area (Å²) >= 11 is 0. The number of para-hydroxylation sites is 2. The van der Waals surface area contributed by atoms with Crippen LogP contribution < -0.4 is 0 Å². The predicted molar refractivity (Wildman–Crippen MR) is 201 cm³/mol. The Labute approximate surface area is 302 Å². The Hall–Kier alpha value is -6.65. The van der Waals surface area contributed by atoms with Crippen molar-refractivity contribution in [3.05, 3.63) is 182 Å². The van der Waals surface area contributed by atoms with Gasteiger partial charge in [-0.1, -0.05) is 151 Å². The van der Waals surface area contributed by atoms with Crippen molar-refractivity contribution in [2.24, 2.45) is 0 Å². The van der Waals surface area contributed by atoms with Crippen molar-refractivity contribution in [2.75, 3.05) is 0 Å². The maximum atomic E-state index is 9.25. The maximum absolute atomic E-state index is 9.25. The average Bonchev–Trinajstić information content (AvgIpc) is 3.67. The smallest absolute Gasteiger partial charge is 0.166 e. The van der Waals surface area contributed by atoms with Crippen molar-refractivity contribution in [1.82, 2.24) is 19.5 Å². The van der Waals surface area contributed by atoms with Gasteiger partial charge < -0.3 is 4.57 Å². The molecule has 0 bridgehead atoms. The lowest BCUT2D eigenvalue weighted by molar-refractivity contribution is 1.06. The number of benzene rings is 7. The van der Waals surface area contributed by atoms with Crippen molar-refractivity contribution in [3.8, 4) is 62.1 Å². The summed E-state index contributed by atoms with van der Waals surface area (Å²) in [6, 6.07) is 24.1. The van der Waals surface area contributed by atoms with Crippen LogP contribution in [0, 0.1) is 0 Å². The highest BCUT2D eigenvalue weighted by Gasteiger charge is 2.20. The van der Waals surface area contributed by atoms with E-state index in [0.29, 0.717) is 11.1 Å². The van der Waals surface area contributed by atoms with Crippen LogP contribution in [0.5, 0.6) is 0 Å². The lowest BCUT2D eigenvalue weighted by Crippen LogP contribution is -2.04.